The Kier molecular flexibility index (Phi) is 1.37. The van der Waals surface area contributed by atoms with Gasteiger partial charge in [0, 0.05) is 6.42 Å². The Morgan fingerprint density at radius 1 is 1.75 bits per heavy atom. The van der Waals surface area contributed by atoms with Crippen molar-refractivity contribution < 1.29 is 5.21 Å². The predicted octanol–water partition coefficient (Wildman–Crippen LogP) is 1.60. The summed E-state index contributed by atoms with van der Waals surface area (Å²) in [5.41, 5.74) is 0.417. The molecular formula is C4H4Cl2NO. The van der Waals surface area contributed by atoms with E-state index in [1.165, 1.54) is 0 Å². The highest BCUT2D eigenvalue weighted by Crippen LogP contribution is 2.38. The van der Waals surface area contributed by atoms with Gasteiger partial charge >= 0.3 is 0 Å². The van der Waals surface area contributed by atoms with E-state index in [2.05, 4.69) is 5.16 Å². The van der Waals surface area contributed by atoms with Gasteiger partial charge in [-0.2, -0.15) is 0 Å². The summed E-state index contributed by atoms with van der Waals surface area (Å²) < 4.78 is -0.991. The van der Waals surface area contributed by atoms with Gasteiger partial charge in [0.1, 0.15) is 0 Å². The predicted molar refractivity (Wildman–Crippen MR) is 32.6 cm³/mol. The van der Waals surface area contributed by atoms with Gasteiger partial charge in [0.25, 0.3) is 0 Å². The lowest BCUT2D eigenvalue weighted by Gasteiger charge is -2.28. The average Bonchev–Trinajstić information content (AvgIpc) is 1.66. The van der Waals surface area contributed by atoms with Gasteiger partial charge in [-0.25, -0.2) is 0 Å². The number of hydrogen-bond acceptors (Lipinski definition) is 2. The molecule has 2 nitrogen and oxygen atoms in total. The van der Waals surface area contributed by atoms with E-state index < -0.39 is 4.33 Å². The van der Waals surface area contributed by atoms with E-state index in [4.69, 9.17) is 28.4 Å². The van der Waals surface area contributed by atoms with Crippen LogP contribution in [0.5, 0.6) is 0 Å². The second-order valence-electron chi connectivity index (χ2n) is 1.58. The van der Waals surface area contributed by atoms with E-state index >= 15 is 0 Å². The summed E-state index contributed by atoms with van der Waals surface area (Å²) >= 11 is 11.0. The molecule has 0 heterocycles. The van der Waals surface area contributed by atoms with Gasteiger partial charge in [-0.05, 0) is 6.42 Å². The van der Waals surface area contributed by atoms with Gasteiger partial charge in [-0.15, -0.1) is 0 Å². The summed E-state index contributed by atoms with van der Waals surface area (Å²) in [6, 6.07) is 0. The van der Waals surface area contributed by atoms with Crippen molar-refractivity contribution in [1.29, 1.82) is 0 Å². The molecule has 0 spiro atoms. The van der Waals surface area contributed by atoms with E-state index in [1.54, 1.807) is 6.42 Å². The normalized spacial score (nSPS) is 30.0. The topological polar surface area (TPSA) is 32.6 Å². The first-order valence-corrected chi connectivity index (χ1v) is 2.86. The molecule has 1 fully saturated rings. The van der Waals surface area contributed by atoms with Crippen molar-refractivity contribution in [3.05, 3.63) is 6.42 Å². The third-order valence-electron chi connectivity index (χ3n) is 1.06. The third-order valence-corrected chi connectivity index (χ3v) is 1.80. The number of alkyl halides is 2. The fraction of sp³-hybridized carbons (Fsp3) is 0.500. The number of halogens is 2. The summed E-state index contributed by atoms with van der Waals surface area (Å²) in [6.45, 7) is 0. The van der Waals surface area contributed by atoms with Crippen molar-refractivity contribution in [3.8, 4) is 0 Å². The van der Waals surface area contributed by atoms with Crippen LogP contribution >= 0.6 is 23.2 Å². The molecule has 0 aromatic carbocycles. The highest BCUT2D eigenvalue weighted by Gasteiger charge is 2.40. The minimum Gasteiger partial charge on any atom is -0.411 e. The minimum atomic E-state index is -0.991. The fourth-order valence-corrected chi connectivity index (χ4v) is 0.839. The van der Waals surface area contributed by atoms with Crippen LogP contribution in [0.4, 0.5) is 0 Å². The molecule has 1 saturated carbocycles. The molecule has 0 saturated heterocycles. The smallest absolute Gasteiger partial charge is 0.162 e. The third kappa shape index (κ3) is 0.782. The van der Waals surface area contributed by atoms with E-state index in [0.29, 0.717) is 12.1 Å². The lowest BCUT2D eigenvalue weighted by Crippen LogP contribution is -2.37. The van der Waals surface area contributed by atoms with Gasteiger partial charge < -0.3 is 5.21 Å². The molecule has 45 valence electrons. The van der Waals surface area contributed by atoms with Gasteiger partial charge in [0.15, 0.2) is 4.33 Å². The maximum Gasteiger partial charge on any atom is 0.162 e. The number of nitrogens with zero attached hydrogens (tertiary/aromatic N) is 1. The Morgan fingerprint density at radius 3 is 2.38 bits per heavy atom. The van der Waals surface area contributed by atoms with Crippen LogP contribution in [0, 0.1) is 6.42 Å². The maximum atomic E-state index is 8.12. The molecule has 0 amide bonds. The maximum absolute atomic E-state index is 8.12. The van der Waals surface area contributed by atoms with Gasteiger partial charge in [-0.1, -0.05) is 28.4 Å². The quantitative estimate of drug-likeness (QED) is 0.320. The molecule has 0 aliphatic heterocycles. The van der Waals surface area contributed by atoms with Gasteiger partial charge in [0.05, 0.1) is 5.71 Å². The zero-order chi connectivity index (χ0) is 6.20. The SMILES string of the molecule is ON=C1C[CH]C1(Cl)Cl. The van der Waals surface area contributed by atoms with Crippen LogP contribution in [0.3, 0.4) is 0 Å². The fourth-order valence-electron chi connectivity index (χ4n) is 0.455. The Balaban J connectivity index is 2.63. The molecule has 0 aromatic heterocycles. The van der Waals surface area contributed by atoms with Crippen molar-refractivity contribution in [2.45, 2.75) is 10.8 Å². The molecule has 1 aliphatic rings. The van der Waals surface area contributed by atoms with Crippen molar-refractivity contribution in [1.82, 2.24) is 0 Å². The number of rotatable bonds is 0. The van der Waals surface area contributed by atoms with Crippen LogP contribution in [0.25, 0.3) is 0 Å². The second kappa shape index (κ2) is 1.78. The lowest BCUT2D eigenvalue weighted by molar-refractivity contribution is 0.314. The molecule has 1 N–H and O–H groups in total. The van der Waals surface area contributed by atoms with Crippen molar-refractivity contribution >= 4 is 28.9 Å². The summed E-state index contributed by atoms with van der Waals surface area (Å²) in [4.78, 5) is 0. The van der Waals surface area contributed by atoms with Crippen LogP contribution in [-0.2, 0) is 0 Å². The zero-order valence-electron chi connectivity index (χ0n) is 3.93. The molecule has 4 heteroatoms. The minimum absolute atomic E-state index is 0.417. The van der Waals surface area contributed by atoms with Crippen LogP contribution < -0.4 is 0 Å². The first-order valence-electron chi connectivity index (χ1n) is 2.10. The van der Waals surface area contributed by atoms with Crippen molar-refractivity contribution in [3.63, 3.8) is 0 Å². The van der Waals surface area contributed by atoms with Crippen molar-refractivity contribution in [2.75, 3.05) is 0 Å². The average molecular weight is 153 g/mol. The largest absolute Gasteiger partial charge is 0.411 e. The Hall–Kier alpha value is 0.0500. The van der Waals surface area contributed by atoms with Gasteiger partial charge in [-0.3, -0.25) is 0 Å². The molecule has 8 heavy (non-hydrogen) atoms. The molecular weight excluding hydrogens is 149 g/mol. The van der Waals surface area contributed by atoms with E-state index in [-0.39, 0.29) is 0 Å². The van der Waals surface area contributed by atoms with Gasteiger partial charge in [0.2, 0.25) is 0 Å². The Labute approximate surface area is 57.1 Å². The Morgan fingerprint density at radius 2 is 2.38 bits per heavy atom. The molecule has 0 unspecified atom stereocenters. The highest BCUT2D eigenvalue weighted by atomic mass is 35.5. The molecule has 1 rings (SSSR count). The molecule has 0 bridgehead atoms. The Bertz CT molecular complexity index is 132. The monoisotopic (exact) mass is 152 g/mol. The van der Waals surface area contributed by atoms with E-state index in [0.717, 1.165) is 0 Å². The van der Waals surface area contributed by atoms with Crippen LogP contribution in [0.2, 0.25) is 0 Å². The zero-order valence-corrected chi connectivity index (χ0v) is 5.45. The number of hydrogen-bond donors (Lipinski definition) is 1. The second-order valence-corrected chi connectivity index (χ2v) is 2.96. The molecule has 1 radical (unpaired) electrons. The summed E-state index contributed by atoms with van der Waals surface area (Å²) in [5.74, 6) is 0. The first-order chi connectivity index (χ1) is 3.67. The number of oxime groups is 1. The van der Waals surface area contributed by atoms with Crippen molar-refractivity contribution in [2.24, 2.45) is 5.16 Å². The molecule has 0 atom stereocenters. The van der Waals surface area contributed by atoms with Crippen LogP contribution in [-0.4, -0.2) is 15.3 Å². The van der Waals surface area contributed by atoms with Crippen LogP contribution in [0.1, 0.15) is 6.42 Å². The highest BCUT2D eigenvalue weighted by molar-refractivity contribution is 6.62. The molecule has 1 aliphatic carbocycles. The standard InChI is InChI=1S/C4H4Cl2NO/c5-4(6)2-1-3(4)7-8/h2,8H,1H2. The first kappa shape index (κ1) is 6.17. The molecule has 0 aromatic rings. The van der Waals surface area contributed by atoms with E-state index in [1.807, 2.05) is 0 Å². The summed E-state index contributed by atoms with van der Waals surface area (Å²) in [7, 11) is 0. The van der Waals surface area contributed by atoms with Crippen LogP contribution in [0.15, 0.2) is 5.16 Å². The summed E-state index contributed by atoms with van der Waals surface area (Å²) in [6.07, 6.45) is 2.24. The van der Waals surface area contributed by atoms with E-state index in [9.17, 15) is 0 Å². The lowest BCUT2D eigenvalue weighted by atomic mass is 9.96. The summed E-state index contributed by atoms with van der Waals surface area (Å²) in [5, 5.41) is 11.0.